The third-order valence-electron chi connectivity index (χ3n) is 5.36. The topological polar surface area (TPSA) is 52.6 Å². The molecule has 0 bridgehead atoms. The summed E-state index contributed by atoms with van der Waals surface area (Å²) < 4.78 is 11.2. The molecule has 0 atom stereocenters. The van der Waals surface area contributed by atoms with Gasteiger partial charge in [-0.1, -0.05) is 53.4 Å². The normalized spacial score (nSPS) is 15.6. The van der Waals surface area contributed by atoms with Crippen LogP contribution in [0.25, 0.3) is 0 Å². The first kappa shape index (κ1) is 22.0. The summed E-state index contributed by atoms with van der Waals surface area (Å²) in [5.74, 6) is -0.174. The molecule has 1 rings (SSSR count). The third-order valence-corrected chi connectivity index (χ3v) is 5.36. The summed E-state index contributed by atoms with van der Waals surface area (Å²) in [6.45, 7) is 9.18. The molecule has 1 aliphatic rings. The van der Waals surface area contributed by atoms with Crippen LogP contribution < -0.4 is 0 Å². The Kier molecular flexibility index (Phi) is 10.1. The van der Waals surface area contributed by atoms with E-state index in [1.807, 2.05) is 0 Å². The van der Waals surface area contributed by atoms with E-state index in [1.54, 1.807) is 0 Å². The van der Waals surface area contributed by atoms with Gasteiger partial charge in [-0.15, -0.1) is 0 Å². The van der Waals surface area contributed by atoms with Crippen molar-refractivity contribution in [3.05, 3.63) is 0 Å². The van der Waals surface area contributed by atoms with E-state index >= 15 is 0 Å². The van der Waals surface area contributed by atoms with Crippen LogP contribution in [0.4, 0.5) is 0 Å². The van der Waals surface area contributed by atoms with Crippen LogP contribution in [-0.4, -0.2) is 25.2 Å². The first-order valence-electron chi connectivity index (χ1n) is 10.3. The Hall–Kier alpha value is -1.06. The monoisotopic (exact) mass is 354 g/mol. The Balaban J connectivity index is 3.02. The van der Waals surface area contributed by atoms with E-state index in [-0.39, 0.29) is 17.9 Å². The summed E-state index contributed by atoms with van der Waals surface area (Å²) in [4.78, 5) is 26.2. The molecule has 0 aromatic carbocycles. The Labute approximate surface area is 154 Å². The summed E-state index contributed by atoms with van der Waals surface area (Å²) in [7, 11) is 0. The molecule has 0 unspecified atom stereocenters. The van der Waals surface area contributed by atoms with E-state index in [0.29, 0.717) is 25.6 Å². The molecule has 25 heavy (non-hydrogen) atoms. The molecule has 0 amide bonds. The number of hydrogen-bond donors (Lipinski definition) is 0. The number of unbranched alkanes of at least 4 members (excludes halogenated alkanes) is 2. The molecule has 0 heterocycles. The molecule has 0 saturated heterocycles. The second-order valence-corrected chi connectivity index (χ2v) is 7.86. The smallest absolute Gasteiger partial charge is 0.323 e. The highest BCUT2D eigenvalue weighted by atomic mass is 16.6. The van der Waals surface area contributed by atoms with Crippen molar-refractivity contribution in [2.75, 3.05) is 13.2 Å². The SMILES string of the molecule is CCCCOC(=O)C(CCC(C)C)(C(=O)OCCCC)C1CCCC1. The highest BCUT2D eigenvalue weighted by Gasteiger charge is 2.54. The van der Waals surface area contributed by atoms with Crippen LogP contribution in [0.5, 0.6) is 0 Å². The average Bonchev–Trinajstić information content (AvgIpc) is 3.10. The van der Waals surface area contributed by atoms with Gasteiger partial charge in [-0.2, -0.15) is 0 Å². The fourth-order valence-corrected chi connectivity index (χ4v) is 3.64. The van der Waals surface area contributed by atoms with Crippen molar-refractivity contribution >= 4 is 11.9 Å². The van der Waals surface area contributed by atoms with Crippen LogP contribution in [0.1, 0.15) is 91.9 Å². The summed E-state index contributed by atoms with van der Waals surface area (Å²) in [5.41, 5.74) is -1.09. The summed E-state index contributed by atoms with van der Waals surface area (Å²) in [5, 5.41) is 0. The predicted octanol–water partition coefficient (Wildman–Crippen LogP) is 5.29. The van der Waals surface area contributed by atoms with E-state index in [2.05, 4.69) is 27.7 Å². The molecule has 1 fully saturated rings. The lowest BCUT2D eigenvalue weighted by atomic mass is 9.70. The molecule has 4 heteroatoms. The van der Waals surface area contributed by atoms with Crippen molar-refractivity contribution in [1.82, 2.24) is 0 Å². The minimum atomic E-state index is -1.09. The zero-order valence-corrected chi connectivity index (χ0v) is 16.8. The van der Waals surface area contributed by atoms with E-state index in [9.17, 15) is 9.59 Å². The van der Waals surface area contributed by atoms with Gasteiger partial charge in [0, 0.05) is 0 Å². The molecular formula is C21H38O4. The lowest BCUT2D eigenvalue weighted by molar-refractivity contribution is -0.178. The fourth-order valence-electron chi connectivity index (χ4n) is 3.64. The number of rotatable bonds is 12. The Bertz CT molecular complexity index is 375. The van der Waals surface area contributed by atoms with Gasteiger partial charge in [-0.3, -0.25) is 9.59 Å². The maximum atomic E-state index is 13.1. The quantitative estimate of drug-likeness (QED) is 0.272. The minimum Gasteiger partial charge on any atom is -0.465 e. The molecule has 1 aliphatic carbocycles. The summed E-state index contributed by atoms with van der Waals surface area (Å²) >= 11 is 0. The zero-order chi connectivity index (χ0) is 18.7. The van der Waals surface area contributed by atoms with Gasteiger partial charge in [0.15, 0.2) is 5.41 Å². The zero-order valence-electron chi connectivity index (χ0n) is 16.8. The van der Waals surface area contributed by atoms with Crippen LogP contribution in [0.3, 0.4) is 0 Å². The molecule has 0 N–H and O–H groups in total. The number of carbonyl (C=O) groups is 2. The van der Waals surface area contributed by atoms with Crippen LogP contribution in [0.15, 0.2) is 0 Å². The number of ether oxygens (including phenoxy) is 2. The highest BCUT2D eigenvalue weighted by Crippen LogP contribution is 2.46. The molecular weight excluding hydrogens is 316 g/mol. The predicted molar refractivity (Wildman–Crippen MR) is 100 cm³/mol. The first-order valence-corrected chi connectivity index (χ1v) is 10.3. The van der Waals surface area contributed by atoms with Crippen LogP contribution in [0, 0.1) is 17.3 Å². The van der Waals surface area contributed by atoms with Gasteiger partial charge in [-0.25, -0.2) is 0 Å². The van der Waals surface area contributed by atoms with Crippen molar-refractivity contribution in [3.8, 4) is 0 Å². The molecule has 0 spiro atoms. The van der Waals surface area contributed by atoms with Crippen LogP contribution in [-0.2, 0) is 19.1 Å². The first-order chi connectivity index (χ1) is 12.0. The van der Waals surface area contributed by atoms with Gasteiger partial charge < -0.3 is 9.47 Å². The summed E-state index contributed by atoms with van der Waals surface area (Å²) in [6, 6.07) is 0. The fraction of sp³-hybridized carbons (Fsp3) is 0.905. The molecule has 4 nitrogen and oxygen atoms in total. The number of esters is 2. The lowest BCUT2D eigenvalue weighted by Crippen LogP contribution is -2.47. The van der Waals surface area contributed by atoms with Crippen molar-refractivity contribution in [2.24, 2.45) is 17.3 Å². The molecule has 146 valence electrons. The van der Waals surface area contributed by atoms with E-state index in [0.717, 1.165) is 57.8 Å². The standard InChI is InChI=1S/C21H38O4/c1-5-7-15-24-19(22)21(14-13-17(3)4,18-11-9-10-12-18)20(23)25-16-8-6-2/h17-18H,5-16H2,1-4H3. The number of carbonyl (C=O) groups excluding carboxylic acids is 2. The van der Waals surface area contributed by atoms with Crippen molar-refractivity contribution in [1.29, 1.82) is 0 Å². The van der Waals surface area contributed by atoms with E-state index in [1.165, 1.54) is 0 Å². The maximum Gasteiger partial charge on any atom is 0.323 e. The van der Waals surface area contributed by atoms with Crippen LogP contribution >= 0.6 is 0 Å². The van der Waals surface area contributed by atoms with Gasteiger partial charge in [0.2, 0.25) is 0 Å². The third kappa shape index (κ3) is 6.31. The van der Waals surface area contributed by atoms with Gasteiger partial charge in [0.1, 0.15) is 0 Å². The van der Waals surface area contributed by atoms with Gasteiger partial charge >= 0.3 is 11.9 Å². The molecule has 0 aromatic rings. The Morgan fingerprint density at radius 1 is 0.960 bits per heavy atom. The van der Waals surface area contributed by atoms with Crippen molar-refractivity contribution in [3.63, 3.8) is 0 Å². The van der Waals surface area contributed by atoms with Gasteiger partial charge in [0.25, 0.3) is 0 Å². The Morgan fingerprint density at radius 3 is 1.84 bits per heavy atom. The summed E-state index contributed by atoms with van der Waals surface area (Å²) in [6.07, 6.45) is 8.99. The van der Waals surface area contributed by atoms with Crippen LogP contribution in [0.2, 0.25) is 0 Å². The highest BCUT2D eigenvalue weighted by molar-refractivity contribution is 6.00. The Morgan fingerprint density at radius 2 is 1.44 bits per heavy atom. The average molecular weight is 355 g/mol. The molecule has 0 aromatic heterocycles. The van der Waals surface area contributed by atoms with E-state index in [4.69, 9.17) is 9.47 Å². The number of hydrogen-bond acceptors (Lipinski definition) is 4. The van der Waals surface area contributed by atoms with Crippen molar-refractivity contribution in [2.45, 2.75) is 91.9 Å². The van der Waals surface area contributed by atoms with Gasteiger partial charge in [-0.05, 0) is 50.4 Å². The molecule has 0 aliphatic heterocycles. The lowest BCUT2D eigenvalue weighted by Gasteiger charge is -2.35. The molecule has 1 saturated carbocycles. The minimum absolute atomic E-state index is 0.0644. The molecule has 0 radical (unpaired) electrons. The maximum absolute atomic E-state index is 13.1. The second kappa shape index (κ2) is 11.5. The second-order valence-electron chi connectivity index (χ2n) is 7.86. The van der Waals surface area contributed by atoms with E-state index < -0.39 is 5.41 Å². The van der Waals surface area contributed by atoms with Crippen molar-refractivity contribution < 1.29 is 19.1 Å². The largest absolute Gasteiger partial charge is 0.465 e. The van der Waals surface area contributed by atoms with Gasteiger partial charge in [0.05, 0.1) is 13.2 Å².